The van der Waals surface area contributed by atoms with E-state index in [1.165, 1.54) is 5.56 Å². The standard InChI is InChI=1S/C17H26N2O2.ClH/c1-17(2,3)14-5-7-15(8-6-14)21-13-16(20)19-11-9-18(4)10-12-19;/h5-8H,9-13H2,1-4H3;1H. The maximum atomic E-state index is 12.1. The Morgan fingerprint density at radius 1 is 1.09 bits per heavy atom. The second kappa shape index (κ2) is 7.84. The second-order valence-electron chi connectivity index (χ2n) is 6.75. The van der Waals surface area contributed by atoms with Crippen molar-refractivity contribution in [1.82, 2.24) is 9.80 Å². The highest BCUT2D eigenvalue weighted by molar-refractivity contribution is 5.85. The molecule has 4 nitrogen and oxygen atoms in total. The zero-order valence-electron chi connectivity index (χ0n) is 14.0. The average Bonchev–Trinajstić information content (AvgIpc) is 2.45. The zero-order valence-corrected chi connectivity index (χ0v) is 14.8. The van der Waals surface area contributed by atoms with Gasteiger partial charge in [0.15, 0.2) is 6.61 Å². The van der Waals surface area contributed by atoms with E-state index in [-0.39, 0.29) is 30.3 Å². The van der Waals surface area contributed by atoms with Gasteiger partial charge < -0.3 is 14.5 Å². The molecule has 0 atom stereocenters. The van der Waals surface area contributed by atoms with E-state index < -0.39 is 0 Å². The van der Waals surface area contributed by atoms with Crippen LogP contribution in [0.3, 0.4) is 0 Å². The first-order chi connectivity index (χ1) is 9.86. The predicted octanol–water partition coefficient (Wildman–Crippen LogP) is 2.56. The predicted molar refractivity (Wildman–Crippen MR) is 92.0 cm³/mol. The maximum Gasteiger partial charge on any atom is 0.260 e. The number of likely N-dealkylation sites (N-methyl/N-ethyl adjacent to an activating group) is 1. The van der Waals surface area contributed by atoms with E-state index >= 15 is 0 Å². The van der Waals surface area contributed by atoms with Crippen LogP contribution in [0.15, 0.2) is 24.3 Å². The Morgan fingerprint density at radius 3 is 2.14 bits per heavy atom. The van der Waals surface area contributed by atoms with Crippen molar-refractivity contribution in [2.45, 2.75) is 26.2 Å². The van der Waals surface area contributed by atoms with E-state index in [1.807, 2.05) is 17.0 Å². The summed E-state index contributed by atoms with van der Waals surface area (Å²) in [5.41, 5.74) is 1.40. The first-order valence-corrected chi connectivity index (χ1v) is 7.56. The Bertz CT molecular complexity index is 474. The highest BCUT2D eigenvalue weighted by Gasteiger charge is 2.19. The summed E-state index contributed by atoms with van der Waals surface area (Å²) in [4.78, 5) is 16.2. The fraction of sp³-hybridized carbons (Fsp3) is 0.588. The number of hydrogen-bond acceptors (Lipinski definition) is 3. The van der Waals surface area contributed by atoms with Gasteiger partial charge in [-0.05, 0) is 30.2 Å². The lowest BCUT2D eigenvalue weighted by atomic mass is 9.87. The summed E-state index contributed by atoms with van der Waals surface area (Å²) in [7, 11) is 2.08. The molecule has 124 valence electrons. The number of piperazine rings is 1. The number of halogens is 1. The normalized spacial score (nSPS) is 16.1. The molecule has 1 aliphatic heterocycles. The van der Waals surface area contributed by atoms with Crippen LogP contribution < -0.4 is 4.74 Å². The van der Waals surface area contributed by atoms with Gasteiger partial charge in [0.05, 0.1) is 0 Å². The topological polar surface area (TPSA) is 32.8 Å². The Morgan fingerprint density at radius 2 is 1.64 bits per heavy atom. The molecule has 0 aromatic heterocycles. The zero-order chi connectivity index (χ0) is 15.5. The van der Waals surface area contributed by atoms with Crippen molar-refractivity contribution in [3.8, 4) is 5.75 Å². The summed E-state index contributed by atoms with van der Waals surface area (Å²) >= 11 is 0. The maximum absolute atomic E-state index is 12.1. The van der Waals surface area contributed by atoms with Gasteiger partial charge in [0.2, 0.25) is 0 Å². The molecule has 1 aromatic carbocycles. The molecular formula is C17H27ClN2O2. The molecule has 0 aliphatic carbocycles. The van der Waals surface area contributed by atoms with Crippen LogP contribution in [0.5, 0.6) is 5.75 Å². The van der Waals surface area contributed by atoms with Gasteiger partial charge in [-0.1, -0.05) is 32.9 Å². The first-order valence-electron chi connectivity index (χ1n) is 7.56. The molecule has 1 fully saturated rings. The molecule has 2 rings (SSSR count). The van der Waals surface area contributed by atoms with Gasteiger partial charge in [-0.3, -0.25) is 4.79 Å². The van der Waals surface area contributed by atoms with Gasteiger partial charge in [0.1, 0.15) is 5.75 Å². The number of carbonyl (C=O) groups is 1. The van der Waals surface area contributed by atoms with Crippen LogP contribution in [0.2, 0.25) is 0 Å². The summed E-state index contributed by atoms with van der Waals surface area (Å²) in [5.74, 6) is 0.827. The van der Waals surface area contributed by atoms with Crippen molar-refractivity contribution < 1.29 is 9.53 Å². The molecule has 0 spiro atoms. The fourth-order valence-electron chi connectivity index (χ4n) is 2.34. The molecular weight excluding hydrogens is 300 g/mol. The number of carbonyl (C=O) groups excluding carboxylic acids is 1. The van der Waals surface area contributed by atoms with Crippen molar-refractivity contribution in [3.05, 3.63) is 29.8 Å². The summed E-state index contributed by atoms with van der Waals surface area (Å²) in [6.45, 7) is 10.1. The van der Waals surface area contributed by atoms with Crippen molar-refractivity contribution in [3.63, 3.8) is 0 Å². The lowest BCUT2D eigenvalue weighted by Gasteiger charge is -2.32. The minimum Gasteiger partial charge on any atom is -0.484 e. The summed E-state index contributed by atoms with van der Waals surface area (Å²) < 4.78 is 5.61. The molecule has 1 saturated heterocycles. The Labute approximate surface area is 139 Å². The molecule has 0 bridgehead atoms. The second-order valence-corrected chi connectivity index (χ2v) is 6.75. The Hall–Kier alpha value is -1.26. The van der Waals surface area contributed by atoms with Gasteiger partial charge in [-0.25, -0.2) is 0 Å². The fourth-order valence-corrected chi connectivity index (χ4v) is 2.34. The number of nitrogens with zero attached hydrogens (tertiary/aromatic N) is 2. The first kappa shape index (κ1) is 18.8. The van der Waals surface area contributed by atoms with Crippen molar-refractivity contribution in [2.24, 2.45) is 0 Å². The van der Waals surface area contributed by atoms with E-state index in [0.29, 0.717) is 0 Å². The SMILES string of the molecule is CN1CCN(C(=O)COc2ccc(C(C)(C)C)cc2)CC1.Cl. The molecule has 1 aromatic rings. The number of rotatable bonds is 3. The van der Waals surface area contributed by atoms with Gasteiger partial charge in [0, 0.05) is 26.2 Å². The van der Waals surface area contributed by atoms with Crippen LogP contribution in [-0.4, -0.2) is 55.5 Å². The summed E-state index contributed by atoms with van der Waals surface area (Å²) in [5, 5.41) is 0. The lowest BCUT2D eigenvalue weighted by Crippen LogP contribution is -2.48. The van der Waals surface area contributed by atoms with Crippen molar-refractivity contribution in [2.75, 3.05) is 39.8 Å². The van der Waals surface area contributed by atoms with Crippen LogP contribution in [0.25, 0.3) is 0 Å². The molecule has 0 N–H and O–H groups in total. The third-order valence-electron chi connectivity index (χ3n) is 3.94. The van der Waals surface area contributed by atoms with E-state index in [4.69, 9.17) is 4.74 Å². The quantitative estimate of drug-likeness (QED) is 0.856. The third-order valence-corrected chi connectivity index (χ3v) is 3.94. The van der Waals surface area contributed by atoms with E-state index in [2.05, 4.69) is 44.9 Å². The molecule has 5 heteroatoms. The Balaban J connectivity index is 0.00000242. The average molecular weight is 327 g/mol. The van der Waals surface area contributed by atoms with Gasteiger partial charge in [0.25, 0.3) is 5.91 Å². The van der Waals surface area contributed by atoms with Crippen LogP contribution in [0.1, 0.15) is 26.3 Å². The van der Waals surface area contributed by atoms with Crippen LogP contribution >= 0.6 is 12.4 Å². The Kier molecular flexibility index (Phi) is 6.69. The lowest BCUT2D eigenvalue weighted by molar-refractivity contribution is -0.134. The largest absolute Gasteiger partial charge is 0.484 e. The summed E-state index contributed by atoms with van der Waals surface area (Å²) in [6.07, 6.45) is 0. The highest BCUT2D eigenvalue weighted by Crippen LogP contribution is 2.24. The smallest absolute Gasteiger partial charge is 0.260 e. The van der Waals surface area contributed by atoms with Gasteiger partial charge in [-0.15, -0.1) is 12.4 Å². The van der Waals surface area contributed by atoms with Crippen LogP contribution in [-0.2, 0) is 10.2 Å². The minimum atomic E-state index is 0. The molecule has 22 heavy (non-hydrogen) atoms. The van der Waals surface area contributed by atoms with E-state index in [9.17, 15) is 4.79 Å². The number of benzene rings is 1. The number of amides is 1. The highest BCUT2D eigenvalue weighted by atomic mass is 35.5. The number of ether oxygens (including phenoxy) is 1. The monoisotopic (exact) mass is 326 g/mol. The van der Waals surface area contributed by atoms with Crippen molar-refractivity contribution in [1.29, 1.82) is 0 Å². The summed E-state index contributed by atoms with van der Waals surface area (Å²) in [6, 6.07) is 8.01. The molecule has 1 aliphatic rings. The van der Waals surface area contributed by atoms with Crippen LogP contribution in [0.4, 0.5) is 0 Å². The minimum absolute atomic E-state index is 0. The van der Waals surface area contributed by atoms with Gasteiger partial charge in [-0.2, -0.15) is 0 Å². The number of hydrogen-bond donors (Lipinski definition) is 0. The molecule has 0 saturated carbocycles. The van der Waals surface area contributed by atoms with Gasteiger partial charge >= 0.3 is 0 Å². The molecule has 1 amide bonds. The molecule has 1 heterocycles. The van der Waals surface area contributed by atoms with E-state index in [0.717, 1.165) is 31.9 Å². The third kappa shape index (κ3) is 5.18. The van der Waals surface area contributed by atoms with Crippen molar-refractivity contribution >= 4 is 18.3 Å². The van der Waals surface area contributed by atoms with Crippen LogP contribution in [0, 0.1) is 0 Å². The molecule has 0 radical (unpaired) electrons. The van der Waals surface area contributed by atoms with E-state index in [1.54, 1.807) is 0 Å². The molecule has 0 unspecified atom stereocenters.